The molecule has 19 heavy (non-hydrogen) atoms. The zero-order valence-corrected chi connectivity index (χ0v) is 10.8. The lowest BCUT2D eigenvalue weighted by Crippen LogP contribution is -2.02. The van der Waals surface area contributed by atoms with Crippen LogP contribution < -0.4 is 15.4 Å². The largest absolute Gasteiger partial charge is 0.497 e. The van der Waals surface area contributed by atoms with Gasteiger partial charge in [-0.15, -0.1) is 0 Å². The Hall–Kier alpha value is -2.23. The summed E-state index contributed by atoms with van der Waals surface area (Å²) in [4.78, 5) is 0. The van der Waals surface area contributed by atoms with E-state index < -0.39 is 0 Å². The summed E-state index contributed by atoms with van der Waals surface area (Å²) in [6, 6.07) is 15.4. The van der Waals surface area contributed by atoms with Gasteiger partial charge in [0.1, 0.15) is 12.4 Å². The highest BCUT2D eigenvalue weighted by Gasteiger charge is 1.96. The second kappa shape index (κ2) is 6.64. The fourth-order valence-electron chi connectivity index (χ4n) is 1.70. The van der Waals surface area contributed by atoms with Crippen LogP contribution in [0, 0.1) is 0 Å². The number of alkyl halides is 1. The van der Waals surface area contributed by atoms with Gasteiger partial charge in [-0.25, -0.2) is 4.39 Å². The van der Waals surface area contributed by atoms with Gasteiger partial charge in [-0.05, 0) is 48.5 Å². The van der Waals surface area contributed by atoms with Crippen LogP contribution in [-0.2, 0) is 0 Å². The van der Waals surface area contributed by atoms with Crippen molar-refractivity contribution in [1.82, 2.24) is 0 Å². The van der Waals surface area contributed by atoms with Crippen molar-refractivity contribution in [3.05, 3.63) is 48.5 Å². The van der Waals surface area contributed by atoms with Crippen LogP contribution >= 0.6 is 0 Å². The van der Waals surface area contributed by atoms with Gasteiger partial charge >= 0.3 is 0 Å². The normalized spacial score (nSPS) is 10.0. The molecule has 0 fully saturated rings. The average molecular weight is 260 g/mol. The van der Waals surface area contributed by atoms with E-state index in [1.165, 1.54) is 0 Å². The Bertz CT molecular complexity index is 497. The molecule has 2 aromatic carbocycles. The highest BCUT2D eigenvalue weighted by molar-refractivity contribution is 5.62. The molecule has 2 aromatic rings. The van der Waals surface area contributed by atoms with Crippen molar-refractivity contribution in [2.24, 2.45) is 0 Å². The number of benzene rings is 2. The predicted octanol–water partition coefficient (Wildman–Crippen LogP) is 3.82. The predicted molar refractivity (Wildman–Crippen MR) is 77.2 cm³/mol. The summed E-state index contributed by atoms with van der Waals surface area (Å²) in [5.41, 5.74) is 2.89. The minimum atomic E-state index is -0.369. The molecule has 4 heteroatoms. The van der Waals surface area contributed by atoms with Gasteiger partial charge in [0.15, 0.2) is 0 Å². The van der Waals surface area contributed by atoms with Crippen molar-refractivity contribution in [3.63, 3.8) is 0 Å². The van der Waals surface area contributed by atoms with Crippen molar-refractivity contribution >= 4 is 17.1 Å². The first-order valence-corrected chi connectivity index (χ1v) is 6.13. The maximum Gasteiger partial charge on any atom is 0.119 e. The third kappa shape index (κ3) is 3.88. The van der Waals surface area contributed by atoms with Crippen LogP contribution in [0.15, 0.2) is 48.5 Å². The molecule has 0 saturated carbocycles. The molecule has 3 nitrogen and oxygen atoms in total. The Morgan fingerprint density at radius 3 is 1.95 bits per heavy atom. The van der Waals surface area contributed by atoms with Crippen molar-refractivity contribution in [2.45, 2.75) is 0 Å². The number of nitrogens with one attached hydrogen (secondary N) is 2. The van der Waals surface area contributed by atoms with Crippen LogP contribution in [0.1, 0.15) is 0 Å². The highest BCUT2D eigenvalue weighted by atomic mass is 19.1. The van der Waals surface area contributed by atoms with Crippen LogP contribution in [0.5, 0.6) is 5.75 Å². The smallest absolute Gasteiger partial charge is 0.119 e. The second-order valence-corrected chi connectivity index (χ2v) is 4.05. The van der Waals surface area contributed by atoms with Gasteiger partial charge in [-0.3, -0.25) is 0 Å². The molecule has 0 atom stereocenters. The summed E-state index contributed by atoms with van der Waals surface area (Å²) in [7, 11) is 1.64. The van der Waals surface area contributed by atoms with E-state index in [1.807, 2.05) is 48.5 Å². The summed E-state index contributed by atoms with van der Waals surface area (Å²) in [6.45, 7) is -0.0306. The summed E-state index contributed by atoms with van der Waals surface area (Å²) in [5, 5.41) is 6.26. The van der Waals surface area contributed by atoms with Crippen molar-refractivity contribution < 1.29 is 9.13 Å². The summed E-state index contributed by atoms with van der Waals surface area (Å²) in [6.07, 6.45) is 0. The SMILES string of the molecule is COc1ccc(Nc2ccc(NCCF)cc2)cc1. The van der Waals surface area contributed by atoms with Crippen LogP contribution in [0.25, 0.3) is 0 Å². The molecule has 0 amide bonds. The van der Waals surface area contributed by atoms with Gasteiger partial charge in [0.2, 0.25) is 0 Å². The van der Waals surface area contributed by atoms with E-state index in [1.54, 1.807) is 7.11 Å². The molecule has 0 unspecified atom stereocenters. The molecule has 0 heterocycles. The molecule has 2 rings (SSSR count). The number of anilines is 3. The molecule has 0 spiro atoms. The Balaban J connectivity index is 1.98. The standard InChI is InChI=1S/C15H17FN2O/c1-19-15-8-6-14(7-9-15)18-13-4-2-12(3-5-13)17-11-10-16/h2-9,17-18H,10-11H2,1H3. The van der Waals surface area contributed by atoms with Crippen LogP contribution in [-0.4, -0.2) is 20.3 Å². The first-order valence-electron chi connectivity index (χ1n) is 6.13. The Morgan fingerprint density at radius 1 is 0.895 bits per heavy atom. The van der Waals surface area contributed by atoms with E-state index in [0.717, 1.165) is 22.8 Å². The van der Waals surface area contributed by atoms with Gasteiger partial charge in [-0.1, -0.05) is 0 Å². The fraction of sp³-hybridized carbons (Fsp3) is 0.200. The van der Waals surface area contributed by atoms with E-state index in [-0.39, 0.29) is 6.67 Å². The van der Waals surface area contributed by atoms with E-state index in [4.69, 9.17) is 4.74 Å². The maximum atomic E-state index is 12.0. The molecule has 0 aliphatic carbocycles. The number of ether oxygens (including phenoxy) is 1. The molecule has 2 N–H and O–H groups in total. The van der Waals surface area contributed by atoms with E-state index >= 15 is 0 Å². The van der Waals surface area contributed by atoms with Crippen LogP contribution in [0.4, 0.5) is 21.5 Å². The average Bonchev–Trinajstić information content (AvgIpc) is 2.47. The quantitative estimate of drug-likeness (QED) is 0.828. The van der Waals surface area contributed by atoms with Gasteiger partial charge in [0.25, 0.3) is 0 Å². The van der Waals surface area contributed by atoms with Crippen LogP contribution in [0.3, 0.4) is 0 Å². The molecule has 0 aliphatic heterocycles. The van der Waals surface area contributed by atoms with E-state index in [2.05, 4.69) is 10.6 Å². The molecule has 0 saturated heterocycles. The minimum absolute atomic E-state index is 0.339. The molecular weight excluding hydrogens is 243 g/mol. The number of methoxy groups -OCH3 is 1. The van der Waals surface area contributed by atoms with E-state index in [9.17, 15) is 4.39 Å². The Kier molecular flexibility index (Phi) is 4.61. The topological polar surface area (TPSA) is 33.3 Å². The lowest BCUT2D eigenvalue weighted by molar-refractivity contribution is 0.415. The first-order chi connectivity index (χ1) is 9.31. The van der Waals surface area contributed by atoms with Gasteiger partial charge < -0.3 is 15.4 Å². The number of rotatable bonds is 6. The minimum Gasteiger partial charge on any atom is -0.497 e. The lowest BCUT2D eigenvalue weighted by Gasteiger charge is -2.09. The highest BCUT2D eigenvalue weighted by Crippen LogP contribution is 2.21. The summed E-state index contributed by atoms with van der Waals surface area (Å²) < 4.78 is 17.1. The van der Waals surface area contributed by atoms with Gasteiger partial charge in [-0.2, -0.15) is 0 Å². The number of halogens is 1. The molecule has 0 radical (unpaired) electrons. The van der Waals surface area contributed by atoms with E-state index in [0.29, 0.717) is 6.54 Å². The second-order valence-electron chi connectivity index (χ2n) is 4.05. The molecule has 0 aromatic heterocycles. The Morgan fingerprint density at radius 2 is 1.42 bits per heavy atom. The monoisotopic (exact) mass is 260 g/mol. The molecular formula is C15H17FN2O. The molecule has 0 aliphatic rings. The first kappa shape index (κ1) is 13.2. The summed E-state index contributed by atoms with van der Waals surface area (Å²) in [5.74, 6) is 0.830. The number of hydrogen-bond donors (Lipinski definition) is 2. The fourth-order valence-corrected chi connectivity index (χ4v) is 1.70. The van der Waals surface area contributed by atoms with Crippen LogP contribution in [0.2, 0.25) is 0 Å². The van der Waals surface area contributed by atoms with Crippen molar-refractivity contribution in [2.75, 3.05) is 31.0 Å². The zero-order valence-electron chi connectivity index (χ0n) is 10.8. The molecule has 0 bridgehead atoms. The number of hydrogen-bond acceptors (Lipinski definition) is 3. The molecule has 100 valence electrons. The van der Waals surface area contributed by atoms with Crippen molar-refractivity contribution in [1.29, 1.82) is 0 Å². The summed E-state index contributed by atoms with van der Waals surface area (Å²) >= 11 is 0. The third-order valence-electron chi connectivity index (χ3n) is 2.69. The lowest BCUT2D eigenvalue weighted by atomic mass is 10.2. The van der Waals surface area contributed by atoms with Gasteiger partial charge in [0, 0.05) is 23.6 Å². The zero-order chi connectivity index (χ0) is 13.5. The third-order valence-corrected chi connectivity index (χ3v) is 2.69. The maximum absolute atomic E-state index is 12.0. The van der Waals surface area contributed by atoms with Gasteiger partial charge in [0.05, 0.1) is 7.11 Å². The Labute approximate surface area is 112 Å². The van der Waals surface area contributed by atoms with Crippen molar-refractivity contribution in [3.8, 4) is 5.75 Å².